The molecule has 1 amide bonds. The lowest BCUT2D eigenvalue weighted by molar-refractivity contribution is -0.116. The van der Waals surface area contributed by atoms with E-state index in [-0.39, 0.29) is 11.5 Å². The van der Waals surface area contributed by atoms with Gasteiger partial charge in [0, 0.05) is 30.1 Å². The van der Waals surface area contributed by atoms with E-state index in [4.69, 9.17) is 16.0 Å². The van der Waals surface area contributed by atoms with E-state index in [0.29, 0.717) is 34.9 Å². The molecule has 28 heavy (non-hydrogen) atoms. The molecule has 2 aromatic carbocycles. The fourth-order valence-electron chi connectivity index (χ4n) is 3.01. The molecule has 1 heterocycles. The van der Waals surface area contributed by atoms with Crippen molar-refractivity contribution in [3.05, 3.63) is 68.5 Å². The normalized spacial score (nSPS) is 10.9. The molecule has 146 valence electrons. The lowest BCUT2D eigenvalue weighted by Crippen LogP contribution is -2.11. The molecule has 2 N–H and O–H groups in total. The van der Waals surface area contributed by atoms with E-state index in [2.05, 4.69) is 10.6 Å². The fourth-order valence-corrected chi connectivity index (χ4v) is 3.19. The molecule has 0 aliphatic heterocycles. The van der Waals surface area contributed by atoms with E-state index < -0.39 is 0 Å². The molecule has 0 unspecified atom stereocenters. The summed E-state index contributed by atoms with van der Waals surface area (Å²) in [5, 5.41) is 7.55. The highest BCUT2D eigenvalue weighted by Gasteiger charge is 2.10. The molecule has 0 fully saturated rings. The van der Waals surface area contributed by atoms with Gasteiger partial charge in [-0.3, -0.25) is 4.79 Å². The molecular weight excluding hydrogens is 376 g/mol. The molecule has 3 rings (SSSR count). The minimum absolute atomic E-state index is 0.0340. The quantitative estimate of drug-likeness (QED) is 0.544. The number of nitrogens with one attached hydrogen (secondary N) is 2. The summed E-state index contributed by atoms with van der Waals surface area (Å²) < 4.78 is 5.34. The number of amides is 1. The number of rotatable bonds is 6. The Hall–Kier alpha value is -2.79. The number of benzene rings is 2. The SMILES string of the molecule is CCCC(=O)Nc1ccc(Cl)c(NCc2cc(=O)oc3cc(C)c(C)cc23)c1. The van der Waals surface area contributed by atoms with Crippen molar-refractivity contribution in [1.82, 2.24) is 0 Å². The standard InChI is InChI=1S/C22H23ClN2O3/c1-4-5-21(26)25-16-6-7-18(23)19(11-16)24-12-15-10-22(27)28-20-9-14(3)13(2)8-17(15)20/h6-11,24H,4-5,12H2,1-3H3,(H,25,26). The maximum atomic E-state index is 11.9. The second-order valence-electron chi connectivity index (χ2n) is 6.87. The third kappa shape index (κ3) is 4.54. The summed E-state index contributed by atoms with van der Waals surface area (Å²) in [5.41, 5.74) is 4.56. The van der Waals surface area contributed by atoms with E-state index in [9.17, 15) is 9.59 Å². The number of fused-ring (bicyclic) bond motifs is 1. The zero-order valence-corrected chi connectivity index (χ0v) is 16.9. The van der Waals surface area contributed by atoms with Crippen LogP contribution in [-0.4, -0.2) is 5.91 Å². The first-order valence-corrected chi connectivity index (χ1v) is 9.62. The lowest BCUT2D eigenvalue weighted by Gasteiger charge is -2.13. The van der Waals surface area contributed by atoms with Crippen molar-refractivity contribution >= 4 is 39.9 Å². The van der Waals surface area contributed by atoms with Crippen LogP contribution in [0.1, 0.15) is 36.5 Å². The van der Waals surface area contributed by atoms with Gasteiger partial charge in [-0.25, -0.2) is 4.79 Å². The van der Waals surface area contributed by atoms with Gasteiger partial charge in [0.2, 0.25) is 5.91 Å². The summed E-state index contributed by atoms with van der Waals surface area (Å²) >= 11 is 6.30. The van der Waals surface area contributed by atoms with Crippen molar-refractivity contribution in [2.24, 2.45) is 0 Å². The summed E-state index contributed by atoms with van der Waals surface area (Å²) in [7, 11) is 0. The van der Waals surface area contributed by atoms with Crippen LogP contribution in [0.15, 0.2) is 45.6 Å². The van der Waals surface area contributed by atoms with Crippen molar-refractivity contribution in [2.75, 3.05) is 10.6 Å². The Balaban J connectivity index is 1.87. The van der Waals surface area contributed by atoms with Gasteiger partial charge < -0.3 is 15.1 Å². The second-order valence-corrected chi connectivity index (χ2v) is 7.28. The maximum absolute atomic E-state index is 11.9. The zero-order valence-electron chi connectivity index (χ0n) is 16.2. The van der Waals surface area contributed by atoms with Crippen LogP contribution in [0.5, 0.6) is 0 Å². The number of carbonyl (C=O) groups is 1. The minimum atomic E-state index is -0.390. The monoisotopic (exact) mass is 398 g/mol. The third-order valence-corrected chi connectivity index (χ3v) is 4.97. The Bertz CT molecular complexity index is 1090. The summed E-state index contributed by atoms with van der Waals surface area (Å²) in [4.78, 5) is 23.8. The minimum Gasteiger partial charge on any atom is -0.423 e. The van der Waals surface area contributed by atoms with Gasteiger partial charge in [-0.05, 0) is 67.3 Å². The van der Waals surface area contributed by atoms with Crippen LogP contribution < -0.4 is 16.3 Å². The predicted octanol–water partition coefficient (Wildman–Crippen LogP) is 5.41. The Kier molecular flexibility index (Phi) is 6.05. The Labute approximate surface area is 168 Å². The molecule has 0 aliphatic rings. The van der Waals surface area contributed by atoms with Crippen molar-refractivity contribution in [3.8, 4) is 0 Å². The molecular formula is C22H23ClN2O3. The molecule has 0 saturated heterocycles. The summed E-state index contributed by atoms with van der Waals surface area (Å²) in [6, 6.07) is 10.7. The second kappa shape index (κ2) is 8.48. The number of anilines is 2. The van der Waals surface area contributed by atoms with Crippen molar-refractivity contribution in [1.29, 1.82) is 0 Å². The third-order valence-electron chi connectivity index (χ3n) is 4.64. The number of hydrogen-bond donors (Lipinski definition) is 2. The predicted molar refractivity (Wildman–Crippen MR) is 114 cm³/mol. The summed E-state index contributed by atoms with van der Waals surface area (Å²) in [6.07, 6.45) is 1.25. The molecule has 0 radical (unpaired) electrons. The Morgan fingerprint density at radius 2 is 1.86 bits per heavy atom. The van der Waals surface area contributed by atoms with Crippen LogP contribution in [0, 0.1) is 13.8 Å². The first-order valence-electron chi connectivity index (χ1n) is 9.24. The van der Waals surface area contributed by atoms with Crippen LogP contribution in [0.2, 0.25) is 5.02 Å². The van der Waals surface area contributed by atoms with Gasteiger partial charge in [0.05, 0.1) is 10.7 Å². The van der Waals surface area contributed by atoms with Gasteiger partial charge in [-0.1, -0.05) is 18.5 Å². The zero-order chi connectivity index (χ0) is 20.3. The van der Waals surface area contributed by atoms with Crippen LogP contribution in [0.4, 0.5) is 11.4 Å². The van der Waals surface area contributed by atoms with Crippen LogP contribution in [0.3, 0.4) is 0 Å². The van der Waals surface area contributed by atoms with E-state index in [1.54, 1.807) is 18.2 Å². The van der Waals surface area contributed by atoms with Crippen LogP contribution >= 0.6 is 11.6 Å². The maximum Gasteiger partial charge on any atom is 0.336 e. The van der Waals surface area contributed by atoms with E-state index >= 15 is 0 Å². The Morgan fingerprint density at radius 1 is 1.11 bits per heavy atom. The smallest absolute Gasteiger partial charge is 0.336 e. The summed E-state index contributed by atoms with van der Waals surface area (Å²) in [5.74, 6) is -0.0340. The number of hydrogen-bond acceptors (Lipinski definition) is 4. The highest BCUT2D eigenvalue weighted by Crippen LogP contribution is 2.27. The van der Waals surface area contributed by atoms with E-state index in [1.807, 2.05) is 32.9 Å². The molecule has 0 atom stereocenters. The first kappa shape index (κ1) is 20.0. The van der Waals surface area contributed by atoms with Crippen molar-refractivity contribution in [2.45, 2.75) is 40.2 Å². The topological polar surface area (TPSA) is 71.3 Å². The van der Waals surface area contributed by atoms with Crippen molar-refractivity contribution < 1.29 is 9.21 Å². The molecule has 0 spiro atoms. The Morgan fingerprint density at radius 3 is 2.61 bits per heavy atom. The highest BCUT2D eigenvalue weighted by atomic mass is 35.5. The molecule has 3 aromatic rings. The highest BCUT2D eigenvalue weighted by molar-refractivity contribution is 6.33. The number of aryl methyl sites for hydroxylation is 2. The van der Waals surface area contributed by atoms with Gasteiger partial charge in [0.25, 0.3) is 0 Å². The van der Waals surface area contributed by atoms with Gasteiger partial charge >= 0.3 is 5.63 Å². The van der Waals surface area contributed by atoms with Gasteiger partial charge in [0.1, 0.15) is 5.58 Å². The van der Waals surface area contributed by atoms with E-state index in [0.717, 1.165) is 28.5 Å². The molecule has 1 aromatic heterocycles. The van der Waals surface area contributed by atoms with Crippen LogP contribution in [-0.2, 0) is 11.3 Å². The average molecular weight is 399 g/mol. The van der Waals surface area contributed by atoms with Gasteiger partial charge in [-0.15, -0.1) is 0 Å². The lowest BCUT2D eigenvalue weighted by atomic mass is 10.0. The first-order chi connectivity index (χ1) is 13.4. The van der Waals surface area contributed by atoms with Crippen molar-refractivity contribution in [3.63, 3.8) is 0 Å². The van der Waals surface area contributed by atoms with E-state index in [1.165, 1.54) is 6.07 Å². The average Bonchev–Trinajstić information content (AvgIpc) is 2.63. The molecule has 0 bridgehead atoms. The fraction of sp³-hybridized carbons (Fsp3) is 0.273. The molecule has 0 saturated carbocycles. The molecule has 0 aliphatic carbocycles. The number of halogens is 1. The molecule has 5 nitrogen and oxygen atoms in total. The van der Waals surface area contributed by atoms with Gasteiger partial charge in [-0.2, -0.15) is 0 Å². The largest absolute Gasteiger partial charge is 0.423 e. The summed E-state index contributed by atoms with van der Waals surface area (Å²) in [6.45, 7) is 6.36. The van der Waals surface area contributed by atoms with Gasteiger partial charge in [0.15, 0.2) is 0 Å². The molecule has 6 heteroatoms. The number of carbonyl (C=O) groups excluding carboxylic acids is 1. The van der Waals surface area contributed by atoms with Crippen LogP contribution in [0.25, 0.3) is 11.0 Å².